The number of aromatic amines is 1. The predicted molar refractivity (Wildman–Crippen MR) is 163 cm³/mol. The molecule has 0 saturated carbocycles. The Hall–Kier alpha value is -3.41. The van der Waals surface area contributed by atoms with Gasteiger partial charge in [-0.2, -0.15) is 18.1 Å². The highest BCUT2D eigenvalue weighted by atomic mass is 32.7. The molecule has 3 saturated heterocycles. The second-order valence-electron chi connectivity index (χ2n) is 11.4. The van der Waals surface area contributed by atoms with Crippen LogP contribution in [0.1, 0.15) is 32.7 Å². The molecule has 3 fully saturated rings. The van der Waals surface area contributed by atoms with Crippen molar-refractivity contribution >= 4 is 63.5 Å². The highest BCUT2D eigenvalue weighted by Crippen LogP contribution is 2.57. The van der Waals surface area contributed by atoms with E-state index in [4.69, 9.17) is 22.7 Å². The number of thiol groups is 1. The summed E-state index contributed by atoms with van der Waals surface area (Å²) in [6, 6.07) is 0. The largest absolute Gasteiger partial charge is 0.386 e. The van der Waals surface area contributed by atoms with Crippen LogP contribution in [-0.4, -0.2) is 97.1 Å². The summed E-state index contributed by atoms with van der Waals surface area (Å²) in [5, 5.41) is 2.50. The summed E-state index contributed by atoms with van der Waals surface area (Å²) in [6.45, 7) is -2.04. The van der Waals surface area contributed by atoms with Crippen LogP contribution in [0.4, 0.5) is 10.3 Å². The molecule has 0 aromatic carbocycles. The quantitative estimate of drug-likeness (QED) is 0.167. The van der Waals surface area contributed by atoms with Gasteiger partial charge in [-0.25, -0.2) is 33.1 Å². The second kappa shape index (κ2) is 12.5. The lowest BCUT2D eigenvalue weighted by Gasteiger charge is -2.25. The van der Waals surface area contributed by atoms with Crippen LogP contribution in [0.15, 0.2) is 30.0 Å². The molecule has 8 atom stereocenters. The molecule has 0 aliphatic carbocycles. The van der Waals surface area contributed by atoms with E-state index in [1.54, 1.807) is 13.8 Å². The maximum atomic E-state index is 16.0. The van der Waals surface area contributed by atoms with Crippen molar-refractivity contribution in [1.82, 2.24) is 43.8 Å². The number of rotatable bonds is 4. The molecule has 3 aliphatic heterocycles. The van der Waals surface area contributed by atoms with Crippen LogP contribution >= 0.6 is 19.0 Å². The summed E-state index contributed by atoms with van der Waals surface area (Å²) in [6.07, 6.45) is -4.82. The molecule has 7 heterocycles. The van der Waals surface area contributed by atoms with E-state index >= 15 is 4.39 Å². The number of nitrogens with zero attached hydrogens (tertiary/aromatic N) is 7. The molecule has 48 heavy (non-hydrogen) atoms. The zero-order valence-electron chi connectivity index (χ0n) is 24.9. The topological polar surface area (TPSA) is 246 Å². The number of hydrogen-bond donors (Lipinski definition) is 4. The fourth-order valence-electron chi connectivity index (χ4n) is 5.51. The van der Waals surface area contributed by atoms with E-state index in [0.717, 1.165) is 0 Å². The third-order valence-electron chi connectivity index (χ3n) is 7.79. The number of nitrogens with one attached hydrogen (secondary N) is 3. The number of aromatic nitrogens is 8. The summed E-state index contributed by atoms with van der Waals surface area (Å²) < 4.78 is 89.1. The molecule has 4 aromatic rings. The molecule has 7 rings (SSSR count). The van der Waals surface area contributed by atoms with E-state index in [2.05, 4.69) is 52.2 Å². The first-order valence-corrected chi connectivity index (χ1v) is 18.6. The summed E-state index contributed by atoms with van der Waals surface area (Å²) in [4.78, 5) is 47.9. The van der Waals surface area contributed by atoms with E-state index in [0.29, 0.717) is 5.52 Å². The van der Waals surface area contributed by atoms with Crippen LogP contribution in [-0.2, 0) is 42.4 Å². The van der Waals surface area contributed by atoms with Gasteiger partial charge in [-0.3, -0.25) is 38.1 Å². The minimum Gasteiger partial charge on any atom is -0.349 e. The summed E-state index contributed by atoms with van der Waals surface area (Å²) in [7, 11) is -4.60. The fraction of sp³-hybridized carbons (Fsp3) is 0.542. The Morgan fingerprint density at radius 3 is 2.71 bits per heavy atom. The monoisotopic (exact) mass is 730 g/mol. The van der Waals surface area contributed by atoms with Gasteiger partial charge in [-0.1, -0.05) is 26.1 Å². The average Bonchev–Trinajstić information content (AvgIpc) is 3.80. The normalized spacial score (nSPS) is 32.5. The zero-order chi connectivity index (χ0) is 34.0. The Labute approximate surface area is 275 Å². The van der Waals surface area contributed by atoms with Crippen molar-refractivity contribution in [3.05, 3.63) is 35.5 Å². The molecule has 24 heteroatoms. The molecular weight excluding hydrogens is 702 g/mol. The molecule has 1 amide bonds. The standard InChI is InChI=1S/C24H28FN10O10PS2/c1-10(2)20(36)32-24-31-19-16(21(37)33-24)29-9-35(19)22-13-3-11(42-22)6-41-46(38,47)44-17-14(5-30-48(39,40)45-13)43-23(15(17)25)34-8-28-12-4-26-7-27-18(12)34/h4,7-11,13-15,17,22-23,30H,3,5-6H2,1-2H3,(H,38,47)(H2,31,32,33,36,37)/t11-,13+,14+,15+,17+,22+,23+,46+/m0/s1. The minimum absolute atomic E-state index is 0.0489. The Kier molecular flexibility index (Phi) is 8.61. The van der Waals surface area contributed by atoms with Gasteiger partial charge < -0.3 is 9.47 Å². The van der Waals surface area contributed by atoms with E-state index in [9.17, 15) is 22.6 Å². The van der Waals surface area contributed by atoms with Crippen molar-refractivity contribution in [2.45, 2.75) is 63.3 Å². The van der Waals surface area contributed by atoms with Crippen LogP contribution in [0, 0.1) is 5.92 Å². The Morgan fingerprint density at radius 1 is 1.15 bits per heavy atom. The number of H-pyrrole nitrogens is 1. The van der Waals surface area contributed by atoms with E-state index in [1.165, 1.54) is 34.3 Å². The molecule has 3 aliphatic rings. The highest BCUT2D eigenvalue weighted by molar-refractivity contribution is 8.44. The minimum atomic E-state index is -4.60. The zero-order valence-corrected chi connectivity index (χ0v) is 27.5. The molecule has 2 bridgehead atoms. The van der Waals surface area contributed by atoms with Gasteiger partial charge >= 0.3 is 17.1 Å². The van der Waals surface area contributed by atoms with Gasteiger partial charge in [0.25, 0.3) is 5.56 Å². The molecule has 0 radical (unpaired) electrons. The number of halogens is 1. The molecule has 0 spiro atoms. The molecule has 3 N–H and O–H groups in total. The Morgan fingerprint density at radius 2 is 1.92 bits per heavy atom. The fourth-order valence-corrected chi connectivity index (χ4v) is 7.95. The first-order chi connectivity index (χ1) is 22.8. The summed E-state index contributed by atoms with van der Waals surface area (Å²) >= 11 is 4.04. The maximum absolute atomic E-state index is 16.0. The SMILES string of the molecule is CC(C)C(=O)Nc1nc2c(ncn2[C@@H]2O[C@@H]3CO[P@@](=O)(S)O[C@H]4[C@@H](F)[C@H](n5cnc6cncnc65)O[C@@H]4CNS(=O)(=O)O[C@@H]2C3)c(=O)[nH]1. The summed E-state index contributed by atoms with van der Waals surface area (Å²) in [5.74, 6) is -1.00. The number of carbonyl (C=O) groups excluding carboxylic acids is 1. The van der Waals surface area contributed by atoms with Gasteiger partial charge in [0.1, 0.15) is 30.2 Å². The predicted octanol–water partition coefficient (Wildman–Crippen LogP) is 0.750. The van der Waals surface area contributed by atoms with Crippen molar-refractivity contribution in [3.63, 3.8) is 0 Å². The number of alkyl halides is 1. The van der Waals surface area contributed by atoms with Crippen LogP contribution in [0.5, 0.6) is 0 Å². The van der Waals surface area contributed by atoms with Gasteiger partial charge in [0.05, 0.1) is 31.6 Å². The lowest BCUT2D eigenvalue weighted by Crippen LogP contribution is -2.41. The smallest absolute Gasteiger partial charge is 0.349 e. The number of amides is 1. The number of carbonyl (C=O) groups is 1. The third-order valence-corrected chi connectivity index (χ3v) is 10.4. The van der Waals surface area contributed by atoms with Crippen molar-refractivity contribution < 1.29 is 44.9 Å². The maximum Gasteiger partial charge on any atom is 0.386 e. The third kappa shape index (κ3) is 6.36. The second-order valence-corrected chi connectivity index (χ2v) is 15.7. The number of fused-ring (bicyclic) bond motifs is 5. The van der Waals surface area contributed by atoms with Gasteiger partial charge in [0.2, 0.25) is 11.9 Å². The van der Waals surface area contributed by atoms with Crippen molar-refractivity contribution in [2.24, 2.45) is 5.92 Å². The Bertz CT molecular complexity index is 2100. The Balaban J connectivity index is 1.17. The van der Waals surface area contributed by atoms with E-state index in [-0.39, 0.29) is 29.2 Å². The lowest BCUT2D eigenvalue weighted by atomic mass is 10.1. The summed E-state index contributed by atoms with van der Waals surface area (Å²) in [5.41, 5.74) is -0.268. The number of ether oxygens (including phenoxy) is 2. The molecule has 258 valence electrons. The van der Waals surface area contributed by atoms with E-state index in [1.807, 2.05) is 0 Å². The van der Waals surface area contributed by atoms with Crippen LogP contribution in [0.2, 0.25) is 0 Å². The van der Waals surface area contributed by atoms with Crippen molar-refractivity contribution in [3.8, 4) is 0 Å². The van der Waals surface area contributed by atoms with Crippen LogP contribution in [0.3, 0.4) is 0 Å². The molecular formula is C24H28FN10O10PS2. The highest BCUT2D eigenvalue weighted by Gasteiger charge is 2.51. The first kappa shape index (κ1) is 33.1. The van der Waals surface area contributed by atoms with Crippen molar-refractivity contribution in [2.75, 3.05) is 18.5 Å². The van der Waals surface area contributed by atoms with Gasteiger partial charge in [-0.05, 0) is 0 Å². The van der Waals surface area contributed by atoms with Crippen LogP contribution < -0.4 is 15.6 Å². The number of hydrogen-bond acceptors (Lipinski definition) is 15. The van der Waals surface area contributed by atoms with Gasteiger partial charge in [-0.15, -0.1) is 0 Å². The first-order valence-electron chi connectivity index (χ1n) is 14.5. The van der Waals surface area contributed by atoms with Gasteiger partial charge in [0.15, 0.2) is 35.4 Å². The molecule has 4 aromatic heterocycles. The molecule has 20 nitrogen and oxygen atoms in total. The lowest BCUT2D eigenvalue weighted by molar-refractivity contribution is -0.118. The number of anilines is 1. The molecule has 0 unspecified atom stereocenters. The van der Waals surface area contributed by atoms with E-state index < -0.39 is 90.7 Å². The van der Waals surface area contributed by atoms with Gasteiger partial charge in [0, 0.05) is 18.9 Å². The van der Waals surface area contributed by atoms with Crippen LogP contribution in [0.25, 0.3) is 22.3 Å². The van der Waals surface area contributed by atoms with Crippen molar-refractivity contribution in [1.29, 1.82) is 0 Å². The average molecular weight is 731 g/mol. The number of imidazole rings is 2.